The third-order valence-corrected chi connectivity index (χ3v) is 3.46. The van der Waals surface area contributed by atoms with E-state index in [4.69, 9.17) is 4.84 Å². The molecule has 1 aliphatic carbocycles. The Bertz CT molecular complexity index is 480. The molecule has 2 heterocycles. The van der Waals surface area contributed by atoms with E-state index in [0.29, 0.717) is 12.6 Å². The summed E-state index contributed by atoms with van der Waals surface area (Å²) < 4.78 is 0. The van der Waals surface area contributed by atoms with Gasteiger partial charge in [0.05, 0.1) is 18.1 Å². The second-order valence-corrected chi connectivity index (χ2v) is 4.73. The summed E-state index contributed by atoms with van der Waals surface area (Å²) in [5, 5.41) is 12.6. The van der Waals surface area contributed by atoms with Crippen LogP contribution < -0.4 is 5.11 Å². The molecule has 0 radical (unpaired) electrons. The fourth-order valence-corrected chi connectivity index (χ4v) is 2.44. The number of aromatic carboxylic acids is 1. The van der Waals surface area contributed by atoms with Gasteiger partial charge in [-0.1, -0.05) is 36.4 Å². The van der Waals surface area contributed by atoms with Gasteiger partial charge in [0.1, 0.15) is 0 Å². The Morgan fingerprint density at radius 2 is 2.06 bits per heavy atom. The molecule has 0 amide bonds. The number of carbonyl (C=O) groups is 1. The number of carboxylic acids is 1. The first kappa shape index (κ1) is 11.4. The minimum absolute atomic E-state index is 0.206. The maximum absolute atomic E-state index is 10.7. The Hall–Kier alpha value is -1.65. The molecular formula is C14H14NO3-. The van der Waals surface area contributed by atoms with Gasteiger partial charge >= 0.3 is 0 Å². The van der Waals surface area contributed by atoms with E-state index in [1.54, 1.807) is 24.3 Å². The van der Waals surface area contributed by atoms with E-state index in [1.165, 1.54) is 0 Å². The van der Waals surface area contributed by atoms with E-state index in [1.807, 2.05) is 5.06 Å². The first-order valence-electron chi connectivity index (χ1n) is 6.14. The molecule has 4 rings (SSSR count). The van der Waals surface area contributed by atoms with Gasteiger partial charge in [-0.05, 0) is 24.0 Å². The number of hydrogen-bond acceptors (Lipinski definition) is 4. The summed E-state index contributed by atoms with van der Waals surface area (Å²) in [6.45, 7) is 0.679. The number of carboxylic acid groups (broad SMARTS) is 1. The highest BCUT2D eigenvalue weighted by molar-refractivity contribution is 5.85. The van der Waals surface area contributed by atoms with Crippen molar-refractivity contribution >= 4 is 5.97 Å². The van der Waals surface area contributed by atoms with Crippen LogP contribution in [0.2, 0.25) is 0 Å². The Kier molecular flexibility index (Phi) is 2.89. The molecule has 0 spiro atoms. The quantitative estimate of drug-likeness (QED) is 0.741. The second-order valence-electron chi connectivity index (χ2n) is 4.73. The lowest BCUT2D eigenvalue weighted by molar-refractivity contribution is -0.255. The van der Waals surface area contributed by atoms with Crippen LogP contribution in [-0.2, 0) is 11.4 Å². The van der Waals surface area contributed by atoms with E-state index >= 15 is 0 Å². The van der Waals surface area contributed by atoms with Crippen molar-refractivity contribution in [1.29, 1.82) is 0 Å². The van der Waals surface area contributed by atoms with Crippen LogP contribution in [0.1, 0.15) is 28.8 Å². The molecule has 94 valence electrons. The van der Waals surface area contributed by atoms with E-state index < -0.39 is 5.97 Å². The second kappa shape index (κ2) is 4.55. The molecule has 2 bridgehead atoms. The lowest BCUT2D eigenvalue weighted by Gasteiger charge is -2.40. The first-order valence-corrected chi connectivity index (χ1v) is 6.14. The summed E-state index contributed by atoms with van der Waals surface area (Å²) in [6.07, 6.45) is 6.72. The van der Waals surface area contributed by atoms with Crippen LogP contribution in [0.4, 0.5) is 0 Å². The lowest BCUT2D eigenvalue weighted by Crippen LogP contribution is -2.44. The van der Waals surface area contributed by atoms with Crippen LogP contribution >= 0.6 is 0 Å². The maximum Gasteiger partial charge on any atom is 0.0975 e. The number of hydroxylamine groups is 2. The standard InChI is InChI=1S/C14H15NO3/c16-14(17)11-3-1-10(2-4-11)9-15-12-5-7-13(18-15)8-6-12/h1-5,7,12-13H,6,8-9H2,(H,16,17)/p-1/t12-,13+/m1/s1. The van der Waals surface area contributed by atoms with E-state index in [2.05, 4.69) is 12.2 Å². The van der Waals surface area contributed by atoms with Gasteiger partial charge in [-0.15, -0.1) is 0 Å². The average Bonchev–Trinajstić information content (AvgIpc) is 2.41. The smallest absolute Gasteiger partial charge is 0.0975 e. The number of rotatable bonds is 3. The van der Waals surface area contributed by atoms with Crippen molar-refractivity contribution in [3.8, 4) is 0 Å². The number of benzene rings is 1. The lowest BCUT2D eigenvalue weighted by atomic mass is 9.98. The highest BCUT2D eigenvalue weighted by atomic mass is 16.7. The minimum Gasteiger partial charge on any atom is -0.545 e. The topological polar surface area (TPSA) is 52.6 Å². The van der Waals surface area contributed by atoms with Crippen molar-refractivity contribution in [2.24, 2.45) is 0 Å². The molecule has 0 unspecified atom stereocenters. The zero-order valence-electron chi connectivity index (χ0n) is 9.91. The molecule has 0 saturated carbocycles. The molecule has 2 atom stereocenters. The summed E-state index contributed by atoms with van der Waals surface area (Å²) in [5.74, 6) is -1.14. The predicted octanol–water partition coefficient (Wildman–Crippen LogP) is 0.884. The van der Waals surface area contributed by atoms with Crippen molar-refractivity contribution in [1.82, 2.24) is 5.06 Å². The molecule has 1 fully saturated rings. The van der Waals surface area contributed by atoms with Gasteiger partial charge in [-0.25, -0.2) is 0 Å². The van der Waals surface area contributed by atoms with Crippen molar-refractivity contribution < 1.29 is 14.7 Å². The van der Waals surface area contributed by atoms with Crippen molar-refractivity contribution in [3.63, 3.8) is 0 Å². The van der Waals surface area contributed by atoms with Gasteiger partial charge in [0, 0.05) is 6.54 Å². The van der Waals surface area contributed by atoms with Crippen LogP contribution in [0.5, 0.6) is 0 Å². The summed E-state index contributed by atoms with van der Waals surface area (Å²) in [4.78, 5) is 16.4. The highest BCUT2D eigenvalue weighted by Gasteiger charge is 2.30. The van der Waals surface area contributed by atoms with Gasteiger partial charge in [-0.3, -0.25) is 4.84 Å². The zero-order chi connectivity index (χ0) is 12.5. The zero-order valence-corrected chi connectivity index (χ0v) is 9.91. The molecule has 1 aromatic carbocycles. The van der Waals surface area contributed by atoms with Crippen LogP contribution in [0.15, 0.2) is 36.4 Å². The largest absolute Gasteiger partial charge is 0.545 e. The summed E-state index contributed by atoms with van der Waals surface area (Å²) in [7, 11) is 0. The molecule has 1 aromatic rings. The van der Waals surface area contributed by atoms with E-state index in [-0.39, 0.29) is 11.7 Å². The molecule has 3 aliphatic rings. The Morgan fingerprint density at radius 1 is 1.28 bits per heavy atom. The Balaban J connectivity index is 1.70. The van der Waals surface area contributed by atoms with Gasteiger partial charge in [0.2, 0.25) is 0 Å². The summed E-state index contributed by atoms with van der Waals surface area (Å²) in [6, 6.07) is 7.10. The van der Waals surface area contributed by atoms with Gasteiger partial charge in [0.15, 0.2) is 0 Å². The van der Waals surface area contributed by atoms with Gasteiger partial charge < -0.3 is 9.90 Å². The van der Waals surface area contributed by atoms with Crippen LogP contribution in [0.3, 0.4) is 0 Å². The summed E-state index contributed by atoms with van der Waals surface area (Å²) >= 11 is 0. The van der Waals surface area contributed by atoms with E-state index in [9.17, 15) is 9.90 Å². The first-order chi connectivity index (χ1) is 8.72. The molecule has 4 nitrogen and oxygen atoms in total. The van der Waals surface area contributed by atoms with Crippen molar-refractivity contribution in [3.05, 3.63) is 47.5 Å². The van der Waals surface area contributed by atoms with Crippen LogP contribution in [0, 0.1) is 0 Å². The molecular weight excluding hydrogens is 230 g/mol. The molecule has 4 heteroatoms. The number of fused-ring (bicyclic) bond motifs is 2. The number of hydrogen-bond donors (Lipinski definition) is 0. The maximum atomic E-state index is 10.7. The fraction of sp³-hybridized carbons (Fsp3) is 0.357. The van der Waals surface area contributed by atoms with Gasteiger partial charge in [-0.2, -0.15) is 5.06 Å². The van der Waals surface area contributed by atoms with Crippen molar-refractivity contribution in [2.45, 2.75) is 31.5 Å². The van der Waals surface area contributed by atoms with E-state index in [0.717, 1.165) is 18.4 Å². The molecule has 0 aromatic heterocycles. The number of carbonyl (C=O) groups excluding carboxylic acids is 1. The van der Waals surface area contributed by atoms with Crippen LogP contribution in [-0.4, -0.2) is 23.2 Å². The average molecular weight is 244 g/mol. The molecule has 0 N–H and O–H groups in total. The van der Waals surface area contributed by atoms with Crippen molar-refractivity contribution in [2.75, 3.05) is 0 Å². The highest BCUT2D eigenvalue weighted by Crippen LogP contribution is 2.28. The van der Waals surface area contributed by atoms with Gasteiger partial charge in [0.25, 0.3) is 0 Å². The Labute approximate surface area is 105 Å². The predicted molar refractivity (Wildman–Crippen MR) is 63.4 cm³/mol. The normalized spacial score (nSPS) is 26.4. The third-order valence-electron chi connectivity index (χ3n) is 3.46. The third kappa shape index (κ3) is 2.17. The summed E-state index contributed by atoms with van der Waals surface area (Å²) in [5.41, 5.74) is 1.25. The minimum atomic E-state index is -1.14. The molecule has 2 aliphatic heterocycles. The number of nitrogens with zero attached hydrogens (tertiary/aromatic N) is 1. The Morgan fingerprint density at radius 3 is 2.56 bits per heavy atom. The SMILES string of the molecule is O=C([O-])c1ccc(CN2O[C@H]3C=C[C@@H]2CC3)cc1. The molecule has 1 saturated heterocycles. The monoisotopic (exact) mass is 244 g/mol. The molecule has 18 heavy (non-hydrogen) atoms. The fourth-order valence-electron chi connectivity index (χ4n) is 2.44. The van der Waals surface area contributed by atoms with Crippen LogP contribution in [0.25, 0.3) is 0 Å².